The van der Waals surface area contributed by atoms with Gasteiger partial charge in [-0.2, -0.15) is 0 Å². The molecule has 3 saturated carbocycles. The average molecular weight is 772 g/mol. The number of aromatic nitrogens is 4. The van der Waals surface area contributed by atoms with Gasteiger partial charge in [0.2, 0.25) is 5.91 Å². The third-order valence-electron chi connectivity index (χ3n) is 14.3. The summed E-state index contributed by atoms with van der Waals surface area (Å²) < 4.78 is 8.37. The van der Waals surface area contributed by atoms with E-state index in [4.69, 9.17) is 10.5 Å². The number of ketones is 1. The van der Waals surface area contributed by atoms with E-state index in [1.807, 2.05) is 22.5 Å². The fourth-order valence-corrected chi connectivity index (χ4v) is 11.8. The molecular formula is C39H58ClN7O5S. The number of carbonyl (C=O) groups is 3. The van der Waals surface area contributed by atoms with Crippen molar-refractivity contribution in [1.82, 2.24) is 24.4 Å². The molecule has 2 bridgehead atoms. The molecule has 5 aliphatic rings. The summed E-state index contributed by atoms with van der Waals surface area (Å²) in [6, 6.07) is 0.130. The van der Waals surface area contributed by atoms with E-state index in [0.29, 0.717) is 38.9 Å². The highest BCUT2D eigenvalue weighted by Crippen LogP contribution is 2.68. The Labute approximate surface area is 323 Å². The van der Waals surface area contributed by atoms with Crippen molar-refractivity contribution in [1.29, 1.82) is 0 Å². The quantitative estimate of drug-likeness (QED) is 0.267. The Bertz CT molecular complexity index is 1700. The Balaban J connectivity index is 0.00000481. The minimum atomic E-state index is -0.680. The molecular weight excluding hydrogens is 714 g/mol. The minimum absolute atomic E-state index is 0. The van der Waals surface area contributed by atoms with Crippen LogP contribution < -0.4 is 10.6 Å². The molecule has 0 aromatic carbocycles. The number of rotatable bonds is 9. The molecule has 0 spiro atoms. The van der Waals surface area contributed by atoms with Gasteiger partial charge in [-0.25, -0.2) is 15.0 Å². The second-order valence-electron chi connectivity index (χ2n) is 17.0. The summed E-state index contributed by atoms with van der Waals surface area (Å²) in [6.45, 7) is 16.0. The fraction of sp³-hybridized carbons (Fsp3) is 0.744. The van der Waals surface area contributed by atoms with Gasteiger partial charge >= 0.3 is 5.97 Å². The molecule has 12 nitrogen and oxygen atoms in total. The second kappa shape index (κ2) is 15.4. The maximum atomic E-state index is 13.7. The van der Waals surface area contributed by atoms with Gasteiger partial charge in [0.05, 0.1) is 18.2 Å². The van der Waals surface area contributed by atoms with E-state index in [-0.39, 0.29) is 70.3 Å². The van der Waals surface area contributed by atoms with Gasteiger partial charge in [-0.1, -0.05) is 33.8 Å². The minimum Gasteiger partial charge on any atom is -0.461 e. The van der Waals surface area contributed by atoms with E-state index in [9.17, 15) is 19.5 Å². The number of hydrogen-bond acceptors (Lipinski definition) is 11. The number of nitrogens with two attached hydrogens (primary N) is 1. The number of imidazole rings is 1. The van der Waals surface area contributed by atoms with Crippen LogP contribution in [0, 0.1) is 34.0 Å². The Morgan fingerprint density at radius 1 is 1.11 bits per heavy atom. The third kappa shape index (κ3) is 7.01. The van der Waals surface area contributed by atoms with Crippen molar-refractivity contribution in [2.24, 2.45) is 39.7 Å². The molecule has 2 aliphatic heterocycles. The molecule has 9 atom stereocenters. The number of likely N-dealkylation sites (tertiary alicyclic amines) is 1. The van der Waals surface area contributed by atoms with Crippen molar-refractivity contribution in [3.8, 4) is 0 Å². The second-order valence-corrected chi connectivity index (χ2v) is 18.3. The smallest absolute Gasteiger partial charge is 0.316 e. The van der Waals surface area contributed by atoms with Crippen LogP contribution in [0.1, 0.15) is 85.5 Å². The largest absolute Gasteiger partial charge is 0.461 e. The highest BCUT2D eigenvalue weighted by atomic mass is 35.5. The molecule has 1 unspecified atom stereocenters. The topological polar surface area (TPSA) is 157 Å². The molecule has 4 heterocycles. The number of carbonyl (C=O) groups excluding carboxylic acids is 3. The zero-order chi connectivity index (χ0) is 37.0. The Morgan fingerprint density at radius 3 is 2.57 bits per heavy atom. The first-order valence-electron chi connectivity index (χ1n) is 19.4. The molecule has 7 rings (SSSR count). The Kier molecular flexibility index (Phi) is 11.6. The van der Waals surface area contributed by atoms with Gasteiger partial charge in [0.25, 0.3) is 0 Å². The molecule has 2 aromatic heterocycles. The molecule has 5 fully saturated rings. The van der Waals surface area contributed by atoms with Crippen molar-refractivity contribution in [3.63, 3.8) is 0 Å². The highest BCUT2D eigenvalue weighted by molar-refractivity contribution is 8.00. The Morgan fingerprint density at radius 2 is 1.87 bits per heavy atom. The molecule has 0 radical (unpaired) electrons. The van der Waals surface area contributed by atoms with E-state index >= 15 is 0 Å². The lowest BCUT2D eigenvalue weighted by Gasteiger charge is -2.61. The van der Waals surface area contributed by atoms with Crippen molar-refractivity contribution < 1.29 is 24.2 Å². The van der Waals surface area contributed by atoms with Gasteiger partial charge in [-0.05, 0) is 62.2 Å². The molecule has 2 aromatic rings. The SMILES string of the molecule is C=C[C@]1(C)C[C@@H](OC(=O)CSC2CCN(C(=O)CCn3cnc4c(N5CCC(N)C5)ncnc43)CC2)[C@]2(C)[C@H](C)CC[C@]3(CCC(=O)[C@@H]32)[C@@H](C)[C@@H]1O.Cl. The Hall–Kier alpha value is -2.74. The van der Waals surface area contributed by atoms with E-state index < -0.39 is 23.0 Å². The van der Waals surface area contributed by atoms with Gasteiger partial charge in [-0.3, -0.25) is 14.4 Å². The maximum Gasteiger partial charge on any atom is 0.316 e. The highest BCUT2D eigenvalue weighted by Gasteiger charge is 2.68. The maximum absolute atomic E-state index is 13.7. The van der Waals surface area contributed by atoms with Crippen LogP contribution in [0.2, 0.25) is 0 Å². The van der Waals surface area contributed by atoms with Crippen molar-refractivity contribution in [2.75, 3.05) is 36.8 Å². The van der Waals surface area contributed by atoms with E-state index in [1.165, 1.54) is 0 Å². The van der Waals surface area contributed by atoms with Crippen LogP contribution >= 0.6 is 24.2 Å². The summed E-state index contributed by atoms with van der Waals surface area (Å²) in [5, 5.41) is 12.0. The van der Waals surface area contributed by atoms with E-state index in [2.05, 4.69) is 47.2 Å². The molecule has 292 valence electrons. The van der Waals surface area contributed by atoms with Gasteiger partial charge in [-0.15, -0.1) is 30.7 Å². The van der Waals surface area contributed by atoms with Crippen molar-refractivity contribution >= 4 is 58.8 Å². The van der Waals surface area contributed by atoms with Crippen LogP contribution in [0.3, 0.4) is 0 Å². The lowest BCUT2D eigenvalue weighted by molar-refractivity contribution is -0.205. The summed E-state index contributed by atoms with van der Waals surface area (Å²) in [5.41, 5.74) is 6.11. The number of fused-ring (bicyclic) bond motifs is 1. The van der Waals surface area contributed by atoms with Crippen LogP contribution in [0.15, 0.2) is 25.3 Å². The lowest BCUT2D eigenvalue weighted by atomic mass is 9.44. The number of esters is 1. The zero-order valence-corrected chi connectivity index (χ0v) is 33.4. The fourth-order valence-electron chi connectivity index (χ4n) is 10.8. The number of thioether (sulfide) groups is 1. The number of aliphatic hydroxyl groups is 1. The lowest BCUT2D eigenvalue weighted by Crippen LogP contribution is -2.63. The number of halogens is 1. The number of aliphatic hydroxyl groups excluding tert-OH is 1. The molecule has 53 heavy (non-hydrogen) atoms. The van der Waals surface area contributed by atoms with E-state index in [0.717, 1.165) is 68.6 Å². The van der Waals surface area contributed by atoms with Crippen molar-refractivity contribution in [3.05, 3.63) is 25.3 Å². The number of anilines is 1. The first kappa shape index (κ1) is 39.9. The van der Waals surface area contributed by atoms with Gasteiger partial charge < -0.3 is 29.9 Å². The third-order valence-corrected chi connectivity index (χ3v) is 15.6. The normalized spacial score (nSPS) is 36.1. The van der Waals surface area contributed by atoms with Crippen LogP contribution in [-0.4, -0.2) is 103 Å². The monoisotopic (exact) mass is 771 g/mol. The summed E-state index contributed by atoms with van der Waals surface area (Å²) in [4.78, 5) is 58.2. The van der Waals surface area contributed by atoms with Gasteiger partial charge in [0.1, 0.15) is 18.2 Å². The molecule has 14 heteroatoms. The molecule has 3 aliphatic carbocycles. The summed E-state index contributed by atoms with van der Waals surface area (Å²) >= 11 is 1.60. The molecule has 3 N–H and O–H groups in total. The number of Topliss-reactive ketones (excluding diaryl/α,β-unsaturated/α-hetero) is 1. The standard InChI is InChI=1S/C39H57N7O5S.ClH/c1-6-37(4)19-29(38(5)24(2)7-13-39(25(3)34(37)50)14-8-28(47)33(38)39)51-31(49)21-52-27-10-16-44(17-11-27)30(48)12-18-46-23-43-32-35(41-22-42-36(32)46)45-15-9-26(40)20-45;/h6,22-27,29,33-34,50H,1,7-21,40H2,2-5H3;1H/t24-,25+,26?,29-,33-,34+,37-,38+,39+;/m1./s1. The van der Waals surface area contributed by atoms with Crippen LogP contribution in [0.5, 0.6) is 0 Å². The molecule has 1 amide bonds. The average Bonchev–Trinajstić information content (AvgIpc) is 3.87. The number of nitrogens with zero attached hydrogens (tertiary/aromatic N) is 6. The predicted molar refractivity (Wildman–Crippen MR) is 209 cm³/mol. The summed E-state index contributed by atoms with van der Waals surface area (Å²) in [6.07, 6.45) is 10.4. The molecule has 2 saturated heterocycles. The summed E-state index contributed by atoms with van der Waals surface area (Å²) in [5.74, 6) is 1.01. The van der Waals surface area contributed by atoms with Crippen molar-refractivity contribution in [2.45, 2.75) is 116 Å². The first-order valence-corrected chi connectivity index (χ1v) is 20.4. The number of aryl methyl sites for hydroxylation is 1. The number of amides is 1. The van der Waals surface area contributed by atoms with E-state index in [1.54, 1.807) is 24.4 Å². The number of piperidine rings is 1. The van der Waals surface area contributed by atoms with Crippen LogP contribution in [0.25, 0.3) is 11.2 Å². The number of hydrogen-bond donors (Lipinski definition) is 2. The van der Waals surface area contributed by atoms with Crippen LogP contribution in [0.4, 0.5) is 5.82 Å². The van der Waals surface area contributed by atoms with Gasteiger partial charge in [0.15, 0.2) is 17.0 Å². The number of ether oxygens (including phenoxy) is 1. The van der Waals surface area contributed by atoms with Gasteiger partial charge in [0, 0.05) is 73.6 Å². The predicted octanol–water partition coefficient (Wildman–Crippen LogP) is 4.81. The van der Waals surface area contributed by atoms with Crippen LogP contribution in [-0.2, 0) is 25.7 Å². The zero-order valence-electron chi connectivity index (χ0n) is 31.7. The summed E-state index contributed by atoms with van der Waals surface area (Å²) in [7, 11) is 0. The first-order chi connectivity index (χ1) is 24.8.